The maximum Gasteiger partial charge on any atom is 0.321 e. The zero-order chi connectivity index (χ0) is 29.7. The van der Waals surface area contributed by atoms with Gasteiger partial charge < -0.3 is 25.0 Å². The topological polar surface area (TPSA) is 128 Å². The molecule has 0 fully saturated rings. The van der Waals surface area contributed by atoms with Gasteiger partial charge in [0.1, 0.15) is 17.7 Å². The predicted octanol–water partition coefficient (Wildman–Crippen LogP) is 4.01. The molecule has 3 aromatic rings. The number of nitrogens with one attached hydrogen (secondary N) is 2. The van der Waals surface area contributed by atoms with E-state index in [9.17, 15) is 27.5 Å². The van der Waals surface area contributed by atoms with Crippen LogP contribution in [0.1, 0.15) is 24.2 Å². The zero-order valence-electron chi connectivity index (χ0n) is 23.0. The average Bonchev–Trinajstić information content (AvgIpc) is 2.96. The molecule has 0 unspecified atom stereocenters. The monoisotopic (exact) mass is 584 g/mol. The molecule has 10 nitrogen and oxygen atoms in total. The van der Waals surface area contributed by atoms with Gasteiger partial charge in [0.15, 0.2) is 0 Å². The van der Waals surface area contributed by atoms with Gasteiger partial charge in [0.25, 0.3) is 15.9 Å². The van der Waals surface area contributed by atoms with E-state index in [0.717, 1.165) is 0 Å². The van der Waals surface area contributed by atoms with Crippen LogP contribution < -0.4 is 14.8 Å². The van der Waals surface area contributed by atoms with Gasteiger partial charge in [-0.25, -0.2) is 17.6 Å². The molecule has 0 saturated heterocycles. The van der Waals surface area contributed by atoms with E-state index in [1.165, 1.54) is 64.4 Å². The van der Waals surface area contributed by atoms with Crippen molar-refractivity contribution in [1.82, 2.24) is 9.80 Å². The number of ether oxygens (including phenoxy) is 1. The number of sulfonamides is 1. The van der Waals surface area contributed by atoms with E-state index in [1.54, 1.807) is 32.2 Å². The number of halogens is 1. The maximum atomic E-state index is 13.6. The molecular formula is C29H33FN4O6S. The van der Waals surface area contributed by atoms with Crippen LogP contribution in [0.15, 0.2) is 77.7 Å². The summed E-state index contributed by atoms with van der Waals surface area (Å²) in [4.78, 5) is 29.5. The lowest BCUT2D eigenvalue weighted by Crippen LogP contribution is -2.50. The third-order valence-electron chi connectivity index (χ3n) is 6.87. The Kier molecular flexibility index (Phi) is 9.14. The number of carbonyl (C=O) groups excluding carboxylic acids is 2. The van der Waals surface area contributed by atoms with Crippen molar-refractivity contribution in [1.29, 1.82) is 0 Å². The first kappa shape index (κ1) is 29.8. The first-order valence-electron chi connectivity index (χ1n) is 13.1. The number of fused-ring (bicyclic) bond motifs is 1. The normalized spacial score (nSPS) is 17.9. The van der Waals surface area contributed by atoms with E-state index in [4.69, 9.17) is 4.74 Å². The van der Waals surface area contributed by atoms with Crippen molar-refractivity contribution in [3.05, 3.63) is 84.2 Å². The summed E-state index contributed by atoms with van der Waals surface area (Å²) in [6, 6.07) is 16.7. The number of nitrogens with zero attached hydrogens (tertiary/aromatic N) is 2. The Balaban J connectivity index is 1.60. The summed E-state index contributed by atoms with van der Waals surface area (Å²) in [5, 5.41) is 12.6. The molecule has 0 radical (unpaired) electrons. The van der Waals surface area contributed by atoms with E-state index >= 15 is 0 Å². The molecule has 1 aliphatic rings. The van der Waals surface area contributed by atoms with Gasteiger partial charge in [0, 0.05) is 30.9 Å². The number of aliphatic hydroxyl groups is 1. The number of hydrogen-bond acceptors (Lipinski definition) is 6. The fourth-order valence-electron chi connectivity index (χ4n) is 4.42. The van der Waals surface area contributed by atoms with Crippen molar-refractivity contribution in [3.8, 4) is 5.75 Å². The fraction of sp³-hybridized carbons (Fsp3) is 0.310. The Labute approximate surface area is 238 Å². The third-order valence-corrected chi connectivity index (χ3v) is 8.26. The highest BCUT2D eigenvalue weighted by Crippen LogP contribution is 2.31. The van der Waals surface area contributed by atoms with Gasteiger partial charge in [-0.2, -0.15) is 0 Å². The standard InChI is InChI=1S/C29H33FN4O6S/c1-19-16-34(20(2)18-35)28(36)25-15-23(32-41(38,39)24-7-5-4-6-8-24)13-14-26(25)40-27(19)17-33(3)29(37)31-22-11-9-21(30)10-12-22/h4-15,19-20,27,32,35H,16-18H2,1-3H3,(H,31,37)/t19-,20+,27-/m1/s1. The summed E-state index contributed by atoms with van der Waals surface area (Å²) in [7, 11) is -2.32. The molecule has 0 aliphatic carbocycles. The number of likely N-dealkylation sites (N-methyl/N-ethyl adjacent to an activating group) is 1. The van der Waals surface area contributed by atoms with Crippen molar-refractivity contribution in [2.24, 2.45) is 5.92 Å². The summed E-state index contributed by atoms with van der Waals surface area (Å²) in [5.41, 5.74) is 0.718. The average molecular weight is 585 g/mol. The van der Waals surface area contributed by atoms with Gasteiger partial charge in [-0.15, -0.1) is 0 Å². The molecule has 3 amide bonds. The number of benzene rings is 3. The van der Waals surface area contributed by atoms with Crippen LogP contribution in [0.2, 0.25) is 0 Å². The summed E-state index contributed by atoms with van der Waals surface area (Å²) < 4.78 is 47.8. The van der Waals surface area contributed by atoms with Crippen molar-refractivity contribution in [3.63, 3.8) is 0 Å². The summed E-state index contributed by atoms with van der Waals surface area (Å²) in [6.45, 7) is 3.68. The van der Waals surface area contributed by atoms with Gasteiger partial charge in [-0.1, -0.05) is 25.1 Å². The van der Waals surface area contributed by atoms with Crippen LogP contribution in [0.5, 0.6) is 5.75 Å². The second-order valence-corrected chi connectivity index (χ2v) is 11.8. The lowest BCUT2D eigenvalue weighted by molar-refractivity contribution is 0.0371. The quantitative estimate of drug-likeness (QED) is 0.367. The molecule has 0 bridgehead atoms. The molecule has 1 heterocycles. The maximum absolute atomic E-state index is 13.6. The van der Waals surface area contributed by atoms with Crippen LogP contribution in [0.25, 0.3) is 0 Å². The highest BCUT2D eigenvalue weighted by atomic mass is 32.2. The molecule has 12 heteroatoms. The molecule has 0 saturated carbocycles. The van der Waals surface area contributed by atoms with Gasteiger partial charge in [-0.3, -0.25) is 9.52 Å². The Morgan fingerprint density at radius 1 is 1.12 bits per heavy atom. The fourth-order valence-corrected chi connectivity index (χ4v) is 5.49. The first-order valence-corrected chi connectivity index (χ1v) is 14.5. The van der Waals surface area contributed by atoms with Gasteiger partial charge in [0.05, 0.1) is 29.7 Å². The Morgan fingerprint density at radius 3 is 2.44 bits per heavy atom. The Morgan fingerprint density at radius 2 is 1.78 bits per heavy atom. The molecule has 41 heavy (non-hydrogen) atoms. The van der Waals surface area contributed by atoms with E-state index < -0.39 is 39.9 Å². The molecule has 0 aromatic heterocycles. The summed E-state index contributed by atoms with van der Waals surface area (Å²) in [6.07, 6.45) is -0.564. The number of amides is 3. The molecule has 3 N–H and O–H groups in total. The van der Waals surface area contributed by atoms with Crippen LogP contribution in [-0.2, 0) is 10.0 Å². The molecule has 0 spiro atoms. The minimum atomic E-state index is -3.91. The lowest BCUT2D eigenvalue weighted by atomic mass is 9.99. The van der Waals surface area contributed by atoms with E-state index in [-0.39, 0.29) is 47.5 Å². The molecule has 4 rings (SSSR count). The highest BCUT2D eigenvalue weighted by molar-refractivity contribution is 7.92. The number of carbonyl (C=O) groups is 2. The zero-order valence-corrected chi connectivity index (χ0v) is 23.8. The van der Waals surface area contributed by atoms with Crippen LogP contribution in [-0.4, -0.2) is 74.2 Å². The summed E-state index contributed by atoms with van der Waals surface area (Å²) >= 11 is 0. The van der Waals surface area contributed by atoms with E-state index in [2.05, 4.69) is 10.0 Å². The van der Waals surface area contributed by atoms with Crippen molar-refractivity contribution in [2.75, 3.05) is 36.8 Å². The van der Waals surface area contributed by atoms with Crippen LogP contribution in [0.4, 0.5) is 20.6 Å². The number of urea groups is 1. The van der Waals surface area contributed by atoms with Crippen molar-refractivity contribution >= 4 is 33.3 Å². The number of anilines is 2. The SMILES string of the molecule is C[C@@H]1CN([C@@H](C)CO)C(=O)c2cc(NS(=O)(=O)c3ccccc3)ccc2O[C@@H]1CN(C)C(=O)Nc1ccc(F)cc1. The lowest BCUT2D eigenvalue weighted by Gasteiger charge is -2.38. The van der Waals surface area contributed by atoms with Crippen LogP contribution in [0.3, 0.4) is 0 Å². The highest BCUT2D eigenvalue weighted by Gasteiger charge is 2.34. The number of hydrogen-bond donors (Lipinski definition) is 3. The minimum Gasteiger partial charge on any atom is -0.487 e. The predicted molar refractivity (Wildman–Crippen MR) is 153 cm³/mol. The Hall–Kier alpha value is -4.16. The Bertz CT molecular complexity index is 1490. The van der Waals surface area contributed by atoms with Gasteiger partial charge in [-0.05, 0) is 61.5 Å². The molecular weight excluding hydrogens is 551 g/mol. The van der Waals surface area contributed by atoms with Gasteiger partial charge in [0.2, 0.25) is 0 Å². The first-order chi connectivity index (χ1) is 19.5. The molecule has 1 aliphatic heterocycles. The second-order valence-electron chi connectivity index (χ2n) is 10.1. The number of aliphatic hydroxyl groups excluding tert-OH is 1. The minimum absolute atomic E-state index is 0.0701. The number of rotatable bonds is 8. The van der Waals surface area contributed by atoms with Crippen LogP contribution in [0, 0.1) is 11.7 Å². The van der Waals surface area contributed by atoms with E-state index in [0.29, 0.717) is 5.69 Å². The van der Waals surface area contributed by atoms with Gasteiger partial charge >= 0.3 is 6.03 Å². The van der Waals surface area contributed by atoms with E-state index in [1.807, 2.05) is 6.92 Å². The second kappa shape index (κ2) is 12.6. The molecule has 3 atom stereocenters. The van der Waals surface area contributed by atoms with Crippen molar-refractivity contribution in [2.45, 2.75) is 30.9 Å². The third kappa shape index (κ3) is 7.14. The molecule has 3 aromatic carbocycles. The van der Waals surface area contributed by atoms with Crippen LogP contribution >= 0.6 is 0 Å². The molecule has 218 valence electrons. The smallest absolute Gasteiger partial charge is 0.321 e. The summed E-state index contributed by atoms with van der Waals surface area (Å²) in [5.74, 6) is -0.871. The van der Waals surface area contributed by atoms with Crippen molar-refractivity contribution < 1.29 is 32.2 Å². The largest absolute Gasteiger partial charge is 0.487 e.